The zero-order chi connectivity index (χ0) is 19.2. The van der Waals surface area contributed by atoms with Crippen LogP contribution in [0.1, 0.15) is 13.8 Å². The number of ether oxygens (including phenoxy) is 1. The molecule has 2 aromatic carbocycles. The number of nitrogens with zero attached hydrogens (tertiary/aromatic N) is 1. The van der Waals surface area contributed by atoms with Gasteiger partial charge < -0.3 is 10.1 Å². The molecule has 0 aliphatic carbocycles. The Morgan fingerprint density at radius 1 is 1.08 bits per heavy atom. The van der Waals surface area contributed by atoms with Crippen LogP contribution in [0.5, 0.6) is 5.75 Å². The van der Waals surface area contributed by atoms with Gasteiger partial charge in [0.15, 0.2) is 18.2 Å². The number of anilines is 1. The van der Waals surface area contributed by atoms with Crippen LogP contribution in [-0.2, 0) is 14.8 Å². The van der Waals surface area contributed by atoms with E-state index in [1.807, 2.05) is 0 Å². The lowest BCUT2D eigenvalue weighted by Crippen LogP contribution is -2.30. The summed E-state index contributed by atoms with van der Waals surface area (Å²) < 4.78 is 44.7. The molecule has 8 heteroatoms. The Bertz CT molecular complexity index is 850. The molecule has 0 unspecified atom stereocenters. The van der Waals surface area contributed by atoms with Gasteiger partial charge >= 0.3 is 0 Å². The van der Waals surface area contributed by atoms with Gasteiger partial charge in [-0.15, -0.1) is 0 Å². The van der Waals surface area contributed by atoms with E-state index >= 15 is 0 Å². The average Bonchev–Trinajstić information content (AvgIpc) is 2.62. The molecule has 1 amide bonds. The molecule has 2 rings (SSSR count). The molecular formula is C18H21FN2O4S. The lowest BCUT2D eigenvalue weighted by Gasteiger charge is -2.18. The highest BCUT2D eigenvalue weighted by atomic mass is 32.2. The van der Waals surface area contributed by atoms with Gasteiger partial charge in [0.1, 0.15) is 0 Å². The Morgan fingerprint density at radius 3 is 2.27 bits per heavy atom. The maximum atomic E-state index is 13.4. The summed E-state index contributed by atoms with van der Waals surface area (Å²) in [6.07, 6.45) is 0. The molecule has 0 fully saturated rings. The van der Waals surface area contributed by atoms with Crippen molar-refractivity contribution in [2.75, 3.05) is 25.0 Å². The Kier molecular flexibility index (Phi) is 6.70. The first-order chi connectivity index (χ1) is 12.4. The second-order valence-electron chi connectivity index (χ2n) is 5.38. The summed E-state index contributed by atoms with van der Waals surface area (Å²) in [4.78, 5) is 12.0. The highest BCUT2D eigenvalue weighted by Gasteiger charge is 2.21. The highest BCUT2D eigenvalue weighted by Crippen LogP contribution is 2.19. The van der Waals surface area contributed by atoms with E-state index in [0.717, 1.165) is 0 Å². The summed E-state index contributed by atoms with van der Waals surface area (Å²) in [6, 6.07) is 11.6. The largest absolute Gasteiger partial charge is 0.481 e. The van der Waals surface area contributed by atoms with Gasteiger partial charge in [-0.2, -0.15) is 4.31 Å². The van der Waals surface area contributed by atoms with Gasteiger partial charge in [0.05, 0.1) is 4.90 Å². The number of hydrogen-bond donors (Lipinski definition) is 1. The standard InChI is InChI=1S/C18H21FN2O4S/c1-3-21(4-2)26(23,24)15-11-9-14(10-12-15)20-18(22)13-25-17-8-6-5-7-16(17)19/h5-12H,3-4,13H2,1-2H3,(H,20,22). The summed E-state index contributed by atoms with van der Waals surface area (Å²) in [5, 5.41) is 2.57. The normalized spacial score (nSPS) is 11.4. The van der Waals surface area contributed by atoms with Crippen LogP contribution < -0.4 is 10.1 Å². The maximum Gasteiger partial charge on any atom is 0.262 e. The third-order valence-electron chi connectivity index (χ3n) is 3.68. The number of benzene rings is 2. The first-order valence-corrected chi connectivity index (χ1v) is 9.59. The molecule has 0 aromatic heterocycles. The van der Waals surface area contributed by atoms with Gasteiger partial charge in [0.25, 0.3) is 5.91 Å². The van der Waals surface area contributed by atoms with Crippen molar-refractivity contribution in [3.63, 3.8) is 0 Å². The quantitative estimate of drug-likeness (QED) is 0.764. The molecule has 2 aromatic rings. The lowest BCUT2D eigenvalue weighted by molar-refractivity contribution is -0.118. The smallest absolute Gasteiger partial charge is 0.262 e. The second-order valence-corrected chi connectivity index (χ2v) is 7.32. The van der Waals surface area contributed by atoms with E-state index in [1.54, 1.807) is 19.9 Å². The summed E-state index contributed by atoms with van der Waals surface area (Å²) >= 11 is 0. The molecule has 0 saturated heterocycles. The summed E-state index contributed by atoms with van der Waals surface area (Å²) in [5.41, 5.74) is 0.422. The molecule has 0 aliphatic rings. The Labute approximate surface area is 152 Å². The number of amides is 1. The molecule has 6 nitrogen and oxygen atoms in total. The Balaban J connectivity index is 1.98. The number of nitrogens with one attached hydrogen (secondary N) is 1. The minimum atomic E-state index is -3.54. The molecule has 0 aliphatic heterocycles. The van der Waals surface area contributed by atoms with Crippen molar-refractivity contribution in [2.24, 2.45) is 0 Å². The number of hydrogen-bond acceptors (Lipinski definition) is 4. The minimum absolute atomic E-state index is 0.0108. The second kappa shape index (κ2) is 8.77. The van der Waals surface area contributed by atoms with Gasteiger partial charge in [0, 0.05) is 18.8 Å². The van der Waals surface area contributed by atoms with Crippen molar-refractivity contribution >= 4 is 21.6 Å². The van der Waals surface area contributed by atoms with E-state index in [0.29, 0.717) is 18.8 Å². The predicted molar refractivity (Wildman–Crippen MR) is 97.1 cm³/mol. The lowest BCUT2D eigenvalue weighted by atomic mass is 10.3. The molecule has 0 bridgehead atoms. The van der Waals surface area contributed by atoms with Crippen LogP contribution in [0, 0.1) is 5.82 Å². The Morgan fingerprint density at radius 2 is 1.69 bits per heavy atom. The monoisotopic (exact) mass is 380 g/mol. The maximum absolute atomic E-state index is 13.4. The number of carbonyl (C=O) groups is 1. The summed E-state index contributed by atoms with van der Waals surface area (Å²) in [6.45, 7) is 3.94. The van der Waals surface area contributed by atoms with E-state index < -0.39 is 21.7 Å². The first-order valence-electron chi connectivity index (χ1n) is 8.15. The molecule has 0 radical (unpaired) electrons. The molecule has 140 valence electrons. The molecular weight excluding hydrogens is 359 g/mol. The molecule has 1 N–H and O–H groups in total. The molecule has 26 heavy (non-hydrogen) atoms. The fourth-order valence-corrected chi connectivity index (χ4v) is 3.78. The van der Waals surface area contributed by atoms with Crippen molar-refractivity contribution in [1.29, 1.82) is 0 Å². The van der Waals surface area contributed by atoms with E-state index in [4.69, 9.17) is 4.74 Å². The van der Waals surface area contributed by atoms with E-state index in [9.17, 15) is 17.6 Å². The zero-order valence-corrected chi connectivity index (χ0v) is 15.4. The van der Waals surface area contributed by atoms with Crippen molar-refractivity contribution in [3.8, 4) is 5.75 Å². The average molecular weight is 380 g/mol. The van der Waals surface area contributed by atoms with Crippen LogP contribution in [-0.4, -0.2) is 38.3 Å². The van der Waals surface area contributed by atoms with E-state index in [1.165, 1.54) is 46.8 Å². The topological polar surface area (TPSA) is 75.7 Å². The van der Waals surface area contributed by atoms with E-state index in [2.05, 4.69) is 5.32 Å². The first kappa shape index (κ1) is 19.9. The zero-order valence-electron chi connectivity index (χ0n) is 14.6. The highest BCUT2D eigenvalue weighted by molar-refractivity contribution is 7.89. The van der Waals surface area contributed by atoms with Crippen LogP contribution in [0.2, 0.25) is 0 Å². The molecule has 0 heterocycles. The number of para-hydroxylation sites is 1. The van der Waals surface area contributed by atoms with Gasteiger partial charge in [0.2, 0.25) is 10.0 Å². The molecule has 0 spiro atoms. The van der Waals surface area contributed by atoms with Gasteiger partial charge in [-0.1, -0.05) is 26.0 Å². The fourth-order valence-electron chi connectivity index (χ4n) is 2.32. The number of rotatable bonds is 8. The Hall–Kier alpha value is -2.45. The van der Waals surface area contributed by atoms with Crippen molar-refractivity contribution in [1.82, 2.24) is 4.31 Å². The van der Waals surface area contributed by atoms with E-state index in [-0.39, 0.29) is 17.3 Å². The summed E-state index contributed by atoms with van der Waals surface area (Å²) in [7, 11) is -3.54. The SMILES string of the molecule is CCN(CC)S(=O)(=O)c1ccc(NC(=O)COc2ccccc2F)cc1. The van der Waals surface area contributed by atoms with Crippen LogP contribution in [0.3, 0.4) is 0 Å². The van der Waals surface area contributed by atoms with Crippen LogP contribution >= 0.6 is 0 Å². The van der Waals surface area contributed by atoms with Crippen molar-refractivity contribution < 1.29 is 22.3 Å². The molecule has 0 atom stereocenters. The van der Waals surface area contributed by atoms with Gasteiger partial charge in [-0.05, 0) is 36.4 Å². The fraction of sp³-hybridized carbons (Fsp3) is 0.278. The predicted octanol–water partition coefficient (Wildman–Crippen LogP) is 2.87. The van der Waals surface area contributed by atoms with Crippen LogP contribution in [0.25, 0.3) is 0 Å². The third-order valence-corrected chi connectivity index (χ3v) is 5.74. The van der Waals surface area contributed by atoms with Crippen LogP contribution in [0.15, 0.2) is 53.4 Å². The number of sulfonamides is 1. The van der Waals surface area contributed by atoms with Gasteiger partial charge in [-0.3, -0.25) is 4.79 Å². The minimum Gasteiger partial charge on any atom is -0.481 e. The van der Waals surface area contributed by atoms with Crippen molar-refractivity contribution in [2.45, 2.75) is 18.7 Å². The molecule has 0 saturated carbocycles. The number of halogens is 1. The van der Waals surface area contributed by atoms with Crippen molar-refractivity contribution in [3.05, 3.63) is 54.3 Å². The van der Waals surface area contributed by atoms with Crippen LogP contribution in [0.4, 0.5) is 10.1 Å². The van der Waals surface area contributed by atoms with Gasteiger partial charge in [-0.25, -0.2) is 12.8 Å². The third kappa shape index (κ3) is 4.80. The summed E-state index contributed by atoms with van der Waals surface area (Å²) in [5.74, 6) is -1.04. The number of carbonyl (C=O) groups excluding carboxylic acids is 1.